The third kappa shape index (κ3) is 2.77. The van der Waals surface area contributed by atoms with Crippen molar-refractivity contribution in [2.24, 2.45) is 0 Å². The van der Waals surface area contributed by atoms with Gasteiger partial charge in [-0.25, -0.2) is 4.98 Å². The van der Waals surface area contributed by atoms with E-state index in [9.17, 15) is 18.0 Å². The first-order valence-electron chi connectivity index (χ1n) is 7.37. The normalized spacial score (nSPS) is 15.0. The fourth-order valence-electron chi connectivity index (χ4n) is 2.43. The molecule has 0 atom stereocenters. The molecule has 1 amide bonds. The number of carbonyl (C=O) groups is 1. The first-order chi connectivity index (χ1) is 11.4. The number of nitrogens with zero attached hydrogens (tertiary/aromatic N) is 2. The van der Waals surface area contributed by atoms with Gasteiger partial charge in [-0.3, -0.25) is 9.36 Å². The summed E-state index contributed by atoms with van der Waals surface area (Å²) < 4.78 is 40.0. The zero-order chi connectivity index (χ0) is 16.9. The molecule has 1 N–H and O–H groups in total. The van der Waals surface area contributed by atoms with Gasteiger partial charge < -0.3 is 5.32 Å². The van der Waals surface area contributed by atoms with E-state index in [1.807, 2.05) is 0 Å². The van der Waals surface area contributed by atoms with Gasteiger partial charge in [0, 0.05) is 6.04 Å². The van der Waals surface area contributed by atoms with Crippen LogP contribution in [-0.2, 0) is 6.18 Å². The number of carbonyl (C=O) groups excluding carboxylic acids is 1. The second-order valence-electron chi connectivity index (χ2n) is 5.70. The third-order valence-electron chi connectivity index (χ3n) is 3.84. The van der Waals surface area contributed by atoms with Crippen LogP contribution in [0.3, 0.4) is 0 Å². The fourth-order valence-corrected chi connectivity index (χ4v) is 3.32. The lowest BCUT2D eigenvalue weighted by atomic mass is 10.2. The number of rotatable bonds is 3. The van der Waals surface area contributed by atoms with Crippen LogP contribution in [0.4, 0.5) is 13.2 Å². The van der Waals surface area contributed by atoms with Crippen molar-refractivity contribution in [2.75, 3.05) is 0 Å². The van der Waals surface area contributed by atoms with Gasteiger partial charge in [-0.2, -0.15) is 13.2 Å². The monoisotopic (exact) mass is 351 g/mol. The molecule has 4 nitrogen and oxygen atoms in total. The summed E-state index contributed by atoms with van der Waals surface area (Å²) in [5.74, 6) is -0.113. The van der Waals surface area contributed by atoms with Crippen molar-refractivity contribution < 1.29 is 18.0 Å². The highest BCUT2D eigenvalue weighted by Gasteiger charge is 2.31. The Kier molecular flexibility index (Phi) is 3.38. The molecule has 1 aliphatic rings. The molecule has 2 heterocycles. The molecule has 0 radical (unpaired) electrons. The van der Waals surface area contributed by atoms with Gasteiger partial charge in [-0.05, 0) is 43.2 Å². The van der Waals surface area contributed by atoms with Crippen LogP contribution >= 0.6 is 11.3 Å². The number of imidazole rings is 1. The summed E-state index contributed by atoms with van der Waals surface area (Å²) in [5, 5.41) is 3.65. The molecule has 0 aliphatic heterocycles. The first-order valence-corrected chi connectivity index (χ1v) is 8.19. The number of hydrogen-bond donors (Lipinski definition) is 1. The smallest absolute Gasteiger partial charge is 0.349 e. The van der Waals surface area contributed by atoms with Crippen LogP contribution in [0.25, 0.3) is 16.0 Å². The predicted molar refractivity (Wildman–Crippen MR) is 84.4 cm³/mol. The van der Waals surface area contributed by atoms with Gasteiger partial charge in [0.15, 0.2) is 0 Å². The molecule has 1 fully saturated rings. The average Bonchev–Trinajstić information content (AvgIpc) is 3.06. The minimum Gasteiger partial charge on any atom is -0.349 e. The maximum atomic E-state index is 12.8. The van der Waals surface area contributed by atoms with E-state index < -0.39 is 11.7 Å². The third-order valence-corrected chi connectivity index (χ3v) is 4.92. The molecule has 2 aromatic heterocycles. The lowest BCUT2D eigenvalue weighted by molar-refractivity contribution is -0.137. The zero-order valence-corrected chi connectivity index (χ0v) is 13.1. The van der Waals surface area contributed by atoms with E-state index in [1.165, 1.54) is 23.7 Å². The molecule has 1 saturated carbocycles. The summed E-state index contributed by atoms with van der Waals surface area (Å²) in [5.41, 5.74) is 0.108. The molecule has 1 aliphatic carbocycles. The molecule has 4 rings (SSSR count). The standard InChI is InChI=1S/C16H12F3N3OS/c17-16(18,19)9-1-4-12-11(7-9)20-8-22(12)14-6-5-13(24-14)15(23)21-10-2-3-10/h1,4-8,10H,2-3H2,(H,21,23). The predicted octanol–water partition coefficient (Wildman–Crippen LogP) is 4.00. The maximum absolute atomic E-state index is 12.8. The molecular formula is C16H12F3N3OS. The van der Waals surface area contributed by atoms with Gasteiger partial charge >= 0.3 is 6.18 Å². The summed E-state index contributed by atoms with van der Waals surface area (Å²) in [6, 6.07) is 7.22. The van der Waals surface area contributed by atoms with Crippen LogP contribution in [0.15, 0.2) is 36.7 Å². The summed E-state index contributed by atoms with van der Waals surface area (Å²) in [6.45, 7) is 0. The van der Waals surface area contributed by atoms with Crippen LogP contribution in [0.5, 0.6) is 0 Å². The lowest BCUT2D eigenvalue weighted by Gasteiger charge is -2.06. The van der Waals surface area contributed by atoms with Crippen molar-refractivity contribution in [3.63, 3.8) is 0 Å². The Hall–Kier alpha value is -2.35. The Balaban J connectivity index is 1.66. The zero-order valence-electron chi connectivity index (χ0n) is 12.3. The van der Waals surface area contributed by atoms with Crippen LogP contribution < -0.4 is 5.32 Å². The Morgan fingerprint density at radius 3 is 2.75 bits per heavy atom. The molecule has 124 valence electrons. The number of hydrogen-bond acceptors (Lipinski definition) is 3. The highest BCUT2D eigenvalue weighted by Crippen LogP contribution is 2.32. The molecule has 0 spiro atoms. The van der Waals surface area contributed by atoms with E-state index in [4.69, 9.17) is 0 Å². The number of halogens is 3. The molecule has 0 bridgehead atoms. The van der Waals surface area contributed by atoms with Crippen LogP contribution in [0.1, 0.15) is 28.1 Å². The van der Waals surface area contributed by atoms with E-state index in [-0.39, 0.29) is 17.5 Å². The Labute approximate surface area is 138 Å². The number of amides is 1. The van der Waals surface area contributed by atoms with Gasteiger partial charge in [0.25, 0.3) is 5.91 Å². The van der Waals surface area contributed by atoms with Gasteiger partial charge in [-0.1, -0.05) is 0 Å². The quantitative estimate of drug-likeness (QED) is 0.775. The van der Waals surface area contributed by atoms with Gasteiger partial charge in [0.2, 0.25) is 0 Å². The summed E-state index contributed by atoms with van der Waals surface area (Å²) >= 11 is 1.28. The largest absolute Gasteiger partial charge is 0.416 e. The van der Waals surface area contributed by atoms with Gasteiger partial charge in [-0.15, -0.1) is 11.3 Å². The number of aromatic nitrogens is 2. The maximum Gasteiger partial charge on any atom is 0.416 e. The van der Waals surface area contributed by atoms with E-state index in [0.717, 1.165) is 30.0 Å². The summed E-state index contributed by atoms with van der Waals surface area (Å²) in [7, 11) is 0. The minimum atomic E-state index is -4.39. The SMILES string of the molecule is O=C(NC1CC1)c1ccc(-n2cnc3cc(C(F)(F)F)ccc32)s1. The molecule has 3 aromatic rings. The molecule has 8 heteroatoms. The second kappa shape index (κ2) is 5.34. The van der Waals surface area contributed by atoms with Crippen molar-refractivity contribution in [1.82, 2.24) is 14.9 Å². The van der Waals surface area contributed by atoms with E-state index in [2.05, 4.69) is 10.3 Å². The van der Waals surface area contributed by atoms with Crippen LogP contribution in [-0.4, -0.2) is 21.5 Å². The topological polar surface area (TPSA) is 46.9 Å². The molecule has 1 aromatic carbocycles. The molecule has 24 heavy (non-hydrogen) atoms. The number of benzene rings is 1. The molecule has 0 saturated heterocycles. The van der Waals surface area contributed by atoms with Gasteiger partial charge in [0.05, 0.1) is 21.5 Å². The van der Waals surface area contributed by atoms with Gasteiger partial charge in [0.1, 0.15) is 11.3 Å². The average molecular weight is 351 g/mol. The number of nitrogens with one attached hydrogen (secondary N) is 1. The number of fused-ring (bicyclic) bond motifs is 1. The fraction of sp³-hybridized carbons (Fsp3) is 0.250. The Morgan fingerprint density at radius 2 is 2.04 bits per heavy atom. The Morgan fingerprint density at radius 1 is 1.25 bits per heavy atom. The second-order valence-corrected chi connectivity index (χ2v) is 6.76. The highest BCUT2D eigenvalue weighted by molar-refractivity contribution is 7.16. The van der Waals surface area contributed by atoms with Crippen LogP contribution in [0, 0.1) is 0 Å². The van der Waals surface area contributed by atoms with Crippen molar-refractivity contribution in [2.45, 2.75) is 25.1 Å². The molecule has 0 unspecified atom stereocenters. The first kappa shape index (κ1) is 15.2. The Bertz CT molecular complexity index is 924. The summed E-state index contributed by atoms with van der Waals surface area (Å²) in [4.78, 5) is 16.7. The highest BCUT2D eigenvalue weighted by atomic mass is 32.1. The van der Waals surface area contributed by atoms with Crippen molar-refractivity contribution in [3.8, 4) is 5.00 Å². The summed E-state index contributed by atoms with van der Waals surface area (Å²) in [6.07, 6.45) is -0.899. The lowest BCUT2D eigenvalue weighted by Crippen LogP contribution is -2.24. The van der Waals surface area contributed by atoms with E-state index >= 15 is 0 Å². The number of thiophene rings is 1. The van der Waals surface area contributed by atoms with Crippen molar-refractivity contribution in [1.29, 1.82) is 0 Å². The number of alkyl halides is 3. The van der Waals surface area contributed by atoms with Crippen LogP contribution in [0.2, 0.25) is 0 Å². The molecular weight excluding hydrogens is 339 g/mol. The van der Waals surface area contributed by atoms with E-state index in [0.29, 0.717) is 10.4 Å². The minimum absolute atomic E-state index is 0.113. The van der Waals surface area contributed by atoms with Crippen molar-refractivity contribution in [3.05, 3.63) is 47.1 Å². The van der Waals surface area contributed by atoms with E-state index in [1.54, 1.807) is 16.7 Å². The van der Waals surface area contributed by atoms with Crippen molar-refractivity contribution >= 4 is 28.3 Å².